The summed E-state index contributed by atoms with van der Waals surface area (Å²) in [5, 5.41) is 37.8. The highest BCUT2D eigenvalue weighted by Crippen LogP contribution is 2.56. The van der Waals surface area contributed by atoms with E-state index in [-0.39, 0.29) is 72.3 Å². The third-order valence-electron chi connectivity index (χ3n) is 21.4. The van der Waals surface area contributed by atoms with Gasteiger partial charge in [-0.1, -0.05) is 123 Å². The number of nitrogens with one attached hydrogen (secondary N) is 1. The summed E-state index contributed by atoms with van der Waals surface area (Å²) in [7, 11) is -4.69. The number of aliphatic imine (C=N–C) groups is 1. The third-order valence-corrected chi connectivity index (χ3v) is 22.7. The number of guanidine groups is 1. The second-order valence-electron chi connectivity index (χ2n) is 26.6. The largest absolute Gasteiger partial charge is 0.508 e. The van der Waals surface area contributed by atoms with Crippen LogP contribution in [0.1, 0.15) is 183 Å². The molecule has 13 atom stereocenters. The molecule has 15 rings (SSSR count). The fourth-order valence-corrected chi connectivity index (χ4v) is 18.5. The average Bonchev–Trinajstić information content (AvgIpc) is 4.04. The molecule has 6 aliphatic heterocycles. The molecule has 0 radical (unpaired) electrons. The van der Waals surface area contributed by atoms with Crippen molar-refractivity contribution in [2.24, 2.45) is 46.0 Å². The number of aryl methyl sites for hydroxylation is 1. The molecular weight excluding hydrogens is 1060 g/mol. The highest BCUT2D eigenvalue weighted by molar-refractivity contribution is 7.86. The summed E-state index contributed by atoms with van der Waals surface area (Å²) in [4.78, 5) is 5.21. The maximum atomic E-state index is 14.5. The number of aliphatic hydroxyl groups is 2. The number of hydrogen-bond acceptors (Lipinski definition) is 9. The lowest BCUT2D eigenvalue weighted by Crippen LogP contribution is -2.48. The molecule has 5 aromatic rings. The smallest absolute Gasteiger partial charge is 0.268 e. The van der Waals surface area contributed by atoms with Crippen LogP contribution in [-0.2, 0) is 45.4 Å². The summed E-state index contributed by atoms with van der Waals surface area (Å²) in [6.45, 7) is 4.01. The number of phenols is 1. The van der Waals surface area contributed by atoms with Gasteiger partial charge in [-0.05, 0) is 194 Å². The molecule has 9 N–H and O–H groups in total. The van der Waals surface area contributed by atoms with Gasteiger partial charge in [-0.15, -0.1) is 0 Å². The van der Waals surface area contributed by atoms with Gasteiger partial charge in [-0.25, -0.2) is 4.99 Å². The fraction of sp³-hybridized carbons (Fsp3) is 0.500. The molecule has 0 amide bonds. The van der Waals surface area contributed by atoms with Gasteiger partial charge < -0.3 is 41.6 Å². The molecule has 13 heteroatoms. The van der Waals surface area contributed by atoms with Crippen molar-refractivity contribution >= 4 is 16.1 Å². The van der Waals surface area contributed by atoms with Crippen LogP contribution in [0.2, 0.25) is 0 Å². The number of benzene rings is 5. The number of nitrogens with zero attached hydrogens (tertiary/aromatic N) is 1. The molecule has 1 spiro atoms. The molecule has 10 aliphatic rings. The van der Waals surface area contributed by atoms with E-state index in [1.165, 1.54) is 42.4 Å². The molecule has 0 unspecified atom stereocenters. The first-order valence-corrected chi connectivity index (χ1v) is 32.4. The molecule has 10 bridgehead atoms. The van der Waals surface area contributed by atoms with Gasteiger partial charge in [0.2, 0.25) is 5.72 Å². The van der Waals surface area contributed by atoms with Gasteiger partial charge in [0.15, 0.2) is 5.96 Å². The van der Waals surface area contributed by atoms with E-state index >= 15 is 0 Å². The summed E-state index contributed by atoms with van der Waals surface area (Å²) < 4.78 is 55.5. The SMILES string of the molecule is C[C@@H]1CCc2cc3ccc2[C@H]1C[C@@H](S(=O)(=O)O)[C@H]1C=C2C[C@H](C[C@H]4C[C@@H](CO)CC#Cc5cc(O)ccc5[C@@H]2O4)[C@@H]1c1ccc(cc1)[C@](C[C@H](Cc1ccccc1)[C@@]1(O)CCC[C@H](c2ccc4c(c2)CNCC42CCCC2)C1)(N=C(N)N)O3. The van der Waals surface area contributed by atoms with Crippen molar-refractivity contribution < 1.29 is 37.8 Å². The maximum absolute atomic E-state index is 14.5. The van der Waals surface area contributed by atoms with E-state index < -0.39 is 50.6 Å². The highest BCUT2D eigenvalue weighted by Gasteiger charge is 2.51. The van der Waals surface area contributed by atoms with Crippen molar-refractivity contribution in [3.05, 3.63) is 176 Å². The Morgan fingerprint density at radius 3 is 2.46 bits per heavy atom. The normalized spacial score (nSPS) is 31.9. The Hall–Kier alpha value is -5.98. The van der Waals surface area contributed by atoms with Gasteiger partial charge in [0.05, 0.1) is 17.0 Å². The molecule has 5 aromatic carbocycles. The minimum atomic E-state index is -4.69. The van der Waals surface area contributed by atoms with E-state index in [0.29, 0.717) is 61.8 Å². The first kappa shape index (κ1) is 56.2. The van der Waals surface area contributed by atoms with Crippen molar-refractivity contribution in [2.45, 2.75) is 175 Å². The second kappa shape index (κ2) is 22.5. The van der Waals surface area contributed by atoms with Crippen LogP contribution in [0, 0.1) is 41.4 Å². The lowest BCUT2D eigenvalue weighted by atomic mass is 9.64. The number of fused-ring (bicyclic) bond motifs is 11. The number of ether oxygens (including phenoxy) is 2. The van der Waals surface area contributed by atoms with Gasteiger partial charge in [0.25, 0.3) is 10.1 Å². The van der Waals surface area contributed by atoms with Crippen molar-refractivity contribution in [1.29, 1.82) is 0 Å². The van der Waals surface area contributed by atoms with Crippen LogP contribution in [0.3, 0.4) is 0 Å². The predicted octanol–water partition coefficient (Wildman–Crippen LogP) is 11.4. The summed E-state index contributed by atoms with van der Waals surface area (Å²) in [5.41, 5.74) is 22.1. The van der Waals surface area contributed by atoms with Crippen LogP contribution in [0.15, 0.2) is 126 Å². The predicted molar refractivity (Wildman–Crippen MR) is 323 cm³/mol. The topological polar surface area (TPSA) is 210 Å². The molecule has 83 heavy (non-hydrogen) atoms. The van der Waals surface area contributed by atoms with Crippen molar-refractivity contribution in [3.8, 4) is 23.3 Å². The standard InChI is InChI=1S/C70H82N4O8S/c1-43-14-15-49-34-57-22-24-59(49)61(43)37-64(83(78,79)80)62-36-52-32-51(35-58-30-45(41-75)11-7-12-48-33-56(76)21-23-60(48)66(52)81-58)65(62)46-16-19-54(20-17-46)70(82-57,74-67(71)72)39-55(29-44-9-3-2-4-10-44)69(77)28-8-13-50(38-69)47-18-25-63-53(31-47)40-73-42-68(63)26-5-6-27-68/h2-4,9-10,16-25,31,33-34,36,43,45,50-51,55,58,61-62,64-66,73,75-77H,5-6,8,11,13-15,26-30,32,35,37-42H2,1H3,(H4,71,72,74)(H,78,79,80)/t43-,45+,50+,51-,55+,58-,61+,62-,64-,65+,66-,69-,70-/m1/s1. The van der Waals surface area contributed by atoms with E-state index in [2.05, 4.69) is 96.9 Å². The summed E-state index contributed by atoms with van der Waals surface area (Å²) in [6.07, 6.45) is 13.8. The Morgan fingerprint density at radius 1 is 0.880 bits per heavy atom. The van der Waals surface area contributed by atoms with E-state index in [1.807, 2.05) is 30.3 Å². The zero-order chi connectivity index (χ0) is 57.3. The summed E-state index contributed by atoms with van der Waals surface area (Å²) in [5.74, 6) is 5.31. The zero-order valence-corrected chi connectivity index (χ0v) is 48.7. The number of nitrogens with two attached hydrogens (primary N) is 2. The Labute approximate surface area is 490 Å². The van der Waals surface area contributed by atoms with Gasteiger partial charge in [-0.2, -0.15) is 8.42 Å². The van der Waals surface area contributed by atoms with Gasteiger partial charge >= 0.3 is 0 Å². The van der Waals surface area contributed by atoms with Crippen LogP contribution in [-0.4, -0.2) is 64.4 Å². The molecular formula is C70H82N4O8S. The fourth-order valence-electron chi connectivity index (χ4n) is 17.4. The van der Waals surface area contributed by atoms with E-state index in [1.54, 1.807) is 12.1 Å². The molecule has 6 heterocycles. The highest BCUT2D eigenvalue weighted by atomic mass is 32.2. The molecule has 4 aliphatic carbocycles. The average molecular weight is 1140 g/mol. The van der Waals surface area contributed by atoms with E-state index in [9.17, 15) is 28.3 Å². The Balaban J connectivity index is 0.949. The van der Waals surface area contributed by atoms with Crippen molar-refractivity contribution in [3.63, 3.8) is 0 Å². The number of allylic oxidation sites excluding steroid dienone is 1. The van der Waals surface area contributed by atoms with E-state index in [4.69, 9.17) is 25.9 Å². The quantitative estimate of drug-likeness (QED) is 0.0243. The van der Waals surface area contributed by atoms with Crippen LogP contribution >= 0.6 is 0 Å². The molecule has 436 valence electrons. The van der Waals surface area contributed by atoms with Crippen LogP contribution in [0.4, 0.5) is 0 Å². The van der Waals surface area contributed by atoms with Crippen molar-refractivity contribution in [2.75, 3.05) is 13.2 Å². The molecule has 3 fully saturated rings. The van der Waals surface area contributed by atoms with Crippen LogP contribution in [0.5, 0.6) is 11.5 Å². The molecule has 0 aromatic heterocycles. The Kier molecular flexibility index (Phi) is 15.2. The van der Waals surface area contributed by atoms with Crippen molar-refractivity contribution in [1.82, 2.24) is 5.32 Å². The number of aromatic hydroxyl groups is 1. The van der Waals surface area contributed by atoms with Gasteiger partial charge in [0.1, 0.15) is 17.6 Å². The molecule has 1 saturated heterocycles. The Morgan fingerprint density at radius 2 is 1.67 bits per heavy atom. The van der Waals surface area contributed by atoms with Gasteiger partial charge in [-0.3, -0.25) is 4.55 Å². The maximum Gasteiger partial charge on any atom is 0.268 e. The monoisotopic (exact) mass is 1140 g/mol. The third kappa shape index (κ3) is 11.0. The number of hydrogen-bond donors (Lipinski definition) is 7. The number of phenolic OH excluding ortho intramolecular Hbond substituents is 1. The lowest BCUT2D eigenvalue weighted by Gasteiger charge is -2.46. The first-order valence-electron chi connectivity index (χ1n) is 30.9. The lowest BCUT2D eigenvalue weighted by molar-refractivity contribution is -0.0834. The summed E-state index contributed by atoms with van der Waals surface area (Å²) >= 11 is 0. The number of aliphatic hydroxyl groups excluding tert-OH is 1. The minimum absolute atomic E-state index is 0.0723. The second-order valence-corrected chi connectivity index (χ2v) is 28.2. The zero-order valence-electron chi connectivity index (χ0n) is 47.9. The minimum Gasteiger partial charge on any atom is -0.508 e. The van der Waals surface area contributed by atoms with Crippen LogP contribution in [0.25, 0.3) is 0 Å². The first-order chi connectivity index (χ1) is 40.1. The number of rotatable bonds is 9. The van der Waals surface area contributed by atoms with Crippen LogP contribution < -0.4 is 21.5 Å². The molecule has 12 nitrogen and oxygen atoms in total. The molecule has 2 saturated carbocycles. The van der Waals surface area contributed by atoms with Gasteiger partial charge in [0, 0.05) is 60.6 Å². The Bertz CT molecular complexity index is 3470. The summed E-state index contributed by atoms with van der Waals surface area (Å²) in [6, 6.07) is 37.1. The van der Waals surface area contributed by atoms with E-state index in [0.717, 1.165) is 72.2 Å².